The minimum Gasteiger partial charge on any atom is -0.472 e. The fraction of sp³-hybridized carbons (Fsp3) is 0.625. The molecular formula is C24H35N3O5. The van der Waals surface area contributed by atoms with E-state index in [1.807, 2.05) is 19.9 Å². The summed E-state index contributed by atoms with van der Waals surface area (Å²) in [4.78, 5) is 33.5. The Hall–Kier alpha value is -2.45. The van der Waals surface area contributed by atoms with Gasteiger partial charge in [-0.2, -0.15) is 0 Å². The Labute approximate surface area is 190 Å². The highest BCUT2D eigenvalue weighted by molar-refractivity contribution is 5.97. The average Bonchev–Trinajstić information content (AvgIpc) is 2.81. The first-order valence-electron chi connectivity index (χ1n) is 11.4. The summed E-state index contributed by atoms with van der Waals surface area (Å²) in [5.74, 6) is -0.146. The van der Waals surface area contributed by atoms with Crippen LogP contribution in [0.2, 0.25) is 0 Å². The summed E-state index contributed by atoms with van der Waals surface area (Å²) in [7, 11) is 3.20. The molecule has 0 radical (unpaired) electrons. The van der Waals surface area contributed by atoms with Gasteiger partial charge in [-0.15, -0.1) is 0 Å². The number of amides is 2. The lowest BCUT2D eigenvalue weighted by atomic mass is 9.93. The molecule has 176 valence electrons. The molecule has 1 aromatic rings. The first-order chi connectivity index (χ1) is 15.3. The number of fused-ring (bicyclic) bond motifs is 1. The van der Waals surface area contributed by atoms with Crippen LogP contribution in [0.25, 0.3) is 5.57 Å². The molecule has 0 saturated heterocycles. The summed E-state index contributed by atoms with van der Waals surface area (Å²) in [5.41, 5.74) is 2.55. The van der Waals surface area contributed by atoms with Gasteiger partial charge in [0, 0.05) is 32.8 Å². The second-order valence-corrected chi connectivity index (χ2v) is 8.88. The van der Waals surface area contributed by atoms with Gasteiger partial charge in [-0.3, -0.25) is 9.59 Å². The van der Waals surface area contributed by atoms with E-state index in [9.17, 15) is 14.7 Å². The third kappa shape index (κ3) is 5.48. The van der Waals surface area contributed by atoms with E-state index in [1.165, 1.54) is 19.1 Å². The molecule has 0 saturated carbocycles. The summed E-state index contributed by atoms with van der Waals surface area (Å²) in [6, 6.07) is 1.52. The molecule has 8 heteroatoms. The number of pyridine rings is 1. The van der Waals surface area contributed by atoms with Crippen molar-refractivity contribution in [1.29, 1.82) is 0 Å². The third-order valence-corrected chi connectivity index (χ3v) is 6.33. The maximum Gasteiger partial charge on any atom is 0.259 e. The van der Waals surface area contributed by atoms with Crippen LogP contribution in [-0.2, 0) is 9.53 Å². The smallest absolute Gasteiger partial charge is 0.259 e. The zero-order valence-corrected chi connectivity index (χ0v) is 19.5. The minimum absolute atomic E-state index is 0.00291. The summed E-state index contributed by atoms with van der Waals surface area (Å²) >= 11 is 0. The van der Waals surface area contributed by atoms with Gasteiger partial charge in [0.1, 0.15) is 18.3 Å². The number of carbonyl (C=O) groups excluding carboxylic acids is 2. The van der Waals surface area contributed by atoms with Gasteiger partial charge in [0.2, 0.25) is 11.8 Å². The maximum absolute atomic E-state index is 13.5. The van der Waals surface area contributed by atoms with E-state index in [4.69, 9.17) is 9.47 Å². The molecule has 2 heterocycles. The highest BCUT2D eigenvalue weighted by Crippen LogP contribution is 2.32. The Morgan fingerprint density at radius 3 is 2.88 bits per heavy atom. The van der Waals surface area contributed by atoms with Crippen LogP contribution in [0.15, 0.2) is 18.3 Å². The number of nitrogens with zero attached hydrogens (tertiary/aromatic N) is 3. The van der Waals surface area contributed by atoms with Crippen LogP contribution in [0, 0.1) is 5.92 Å². The van der Waals surface area contributed by atoms with Crippen LogP contribution in [0.3, 0.4) is 0 Å². The zero-order chi connectivity index (χ0) is 23.3. The Kier molecular flexibility index (Phi) is 8.26. The van der Waals surface area contributed by atoms with Gasteiger partial charge >= 0.3 is 0 Å². The van der Waals surface area contributed by atoms with Gasteiger partial charge in [0.05, 0.1) is 19.2 Å². The zero-order valence-electron chi connectivity index (χ0n) is 19.5. The lowest BCUT2D eigenvalue weighted by molar-refractivity contribution is -0.135. The Morgan fingerprint density at radius 1 is 1.44 bits per heavy atom. The fourth-order valence-corrected chi connectivity index (χ4v) is 4.20. The van der Waals surface area contributed by atoms with E-state index in [2.05, 4.69) is 11.1 Å². The van der Waals surface area contributed by atoms with Gasteiger partial charge in [-0.05, 0) is 49.8 Å². The van der Waals surface area contributed by atoms with Crippen LogP contribution in [-0.4, -0.2) is 84.3 Å². The van der Waals surface area contributed by atoms with Crippen LogP contribution in [0.1, 0.15) is 55.5 Å². The van der Waals surface area contributed by atoms with Crippen molar-refractivity contribution in [3.63, 3.8) is 0 Å². The summed E-state index contributed by atoms with van der Waals surface area (Å²) in [6.07, 6.45) is 7.93. The summed E-state index contributed by atoms with van der Waals surface area (Å²) < 4.78 is 11.2. The number of allylic oxidation sites excluding steroid dienone is 2. The maximum atomic E-state index is 13.5. The predicted molar refractivity (Wildman–Crippen MR) is 121 cm³/mol. The number of carbonyl (C=O) groups is 2. The van der Waals surface area contributed by atoms with Crippen LogP contribution in [0.5, 0.6) is 5.88 Å². The Balaban J connectivity index is 1.96. The highest BCUT2D eigenvalue weighted by Gasteiger charge is 2.34. The second-order valence-electron chi connectivity index (χ2n) is 8.88. The molecule has 3 rings (SSSR count). The molecule has 32 heavy (non-hydrogen) atoms. The van der Waals surface area contributed by atoms with Crippen molar-refractivity contribution in [2.75, 3.05) is 40.5 Å². The van der Waals surface area contributed by atoms with Crippen molar-refractivity contribution in [3.05, 3.63) is 29.5 Å². The molecule has 1 N–H and O–H groups in total. The van der Waals surface area contributed by atoms with E-state index in [0.717, 1.165) is 24.8 Å². The number of likely N-dealkylation sites (N-methyl/N-ethyl adjacent to an activating group) is 1. The van der Waals surface area contributed by atoms with E-state index < -0.39 is 0 Å². The van der Waals surface area contributed by atoms with Crippen molar-refractivity contribution >= 4 is 17.4 Å². The van der Waals surface area contributed by atoms with Gasteiger partial charge in [-0.25, -0.2) is 4.98 Å². The lowest BCUT2D eigenvalue weighted by Gasteiger charge is -2.37. The number of aromatic nitrogens is 1. The van der Waals surface area contributed by atoms with Crippen LogP contribution in [0.4, 0.5) is 0 Å². The topological polar surface area (TPSA) is 92.2 Å². The van der Waals surface area contributed by atoms with Gasteiger partial charge in [0.15, 0.2) is 0 Å². The summed E-state index contributed by atoms with van der Waals surface area (Å²) in [6.45, 7) is 4.42. The van der Waals surface area contributed by atoms with Crippen molar-refractivity contribution < 1.29 is 24.2 Å². The SMILES string of the molecule is COCC(=O)N(C)C[C@H]1Oc2ncc(C3=CCCCC3)cc2C(=O)N([C@H](C)CO)C[C@@H]1C. The highest BCUT2D eigenvalue weighted by atomic mass is 16.5. The molecule has 1 aromatic heterocycles. The molecule has 2 amide bonds. The number of aliphatic hydroxyl groups excluding tert-OH is 1. The molecule has 0 spiro atoms. The molecule has 3 atom stereocenters. The van der Waals surface area contributed by atoms with E-state index >= 15 is 0 Å². The van der Waals surface area contributed by atoms with E-state index in [-0.39, 0.29) is 49.0 Å². The largest absolute Gasteiger partial charge is 0.472 e. The molecular weight excluding hydrogens is 410 g/mol. The Bertz CT molecular complexity index is 856. The standard InChI is InChI=1S/C24H35N3O5/c1-16-12-27(17(2)14-28)24(30)20-10-19(18-8-6-5-7-9-18)11-25-23(20)32-21(16)13-26(3)22(29)15-31-4/h8,10-11,16-17,21,28H,5-7,9,12-15H2,1-4H3/t16-,17+,21+/m0/s1. The molecule has 0 aromatic carbocycles. The molecule has 2 aliphatic rings. The number of rotatable bonds is 7. The first-order valence-corrected chi connectivity index (χ1v) is 11.4. The van der Waals surface area contributed by atoms with Crippen LogP contribution >= 0.6 is 0 Å². The molecule has 0 bridgehead atoms. The molecule has 0 fully saturated rings. The number of hydrogen-bond donors (Lipinski definition) is 1. The third-order valence-electron chi connectivity index (χ3n) is 6.33. The van der Waals surface area contributed by atoms with Crippen molar-refractivity contribution in [2.24, 2.45) is 5.92 Å². The van der Waals surface area contributed by atoms with E-state index in [0.29, 0.717) is 18.7 Å². The molecule has 1 aliphatic heterocycles. The number of aliphatic hydroxyl groups is 1. The quantitative estimate of drug-likeness (QED) is 0.693. The monoisotopic (exact) mass is 445 g/mol. The number of ether oxygens (including phenoxy) is 2. The lowest BCUT2D eigenvalue weighted by Crippen LogP contribution is -2.50. The van der Waals surface area contributed by atoms with E-state index in [1.54, 1.807) is 23.0 Å². The van der Waals surface area contributed by atoms with Crippen molar-refractivity contribution in [1.82, 2.24) is 14.8 Å². The predicted octanol–water partition coefficient (Wildman–Crippen LogP) is 2.36. The normalized spacial score (nSPS) is 22.2. The molecule has 1 aliphatic carbocycles. The Morgan fingerprint density at radius 2 is 2.22 bits per heavy atom. The fourth-order valence-electron chi connectivity index (χ4n) is 4.20. The summed E-state index contributed by atoms with van der Waals surface area (Å²) in [5, 5.41) is 9.79. The second kappa shape index (κ2) is 10.9. The van der Waals surface area contributed by atoms with Gasteiger partial charge < -0.3 is 24.4 Å². The first kappa shape index (κ1) is 24.2. The van der Waals surface area contributed by atoms with Gasteiger partial charge in [-0.1, -0.05) is 13.0 Å². The molecule has 8 nitrogen and oxygen atoms in total. The van der Waals surface area contributed by atoms with Gasteiger partial charge in [0.25, 0.3) is 5.91 Å². The average molecular weight is 446 g/mol. The number of methoxy groups -OCH3 is 1. The van der Waals surface area contributed by atoms with Crippen LogP contribution < -0.4 is 4.74 Å². The minimum atomic E-state index is -0.367. The van der Waals surface area contributed by atoms with Crippen molar-refractivity contribution in [3.8, 4) is 5.88 Å². The number of hydrogen-bond acceptors (Lipinski definition) is 6. The van der Waals surface area contributed by atoms with Crippen molar-refractivity contribution in [2.45, 2.75) is 51.7 Å². The molecule has 0 unspecified atom stereocenters.